The predicted octanol–water partition coefficient (Wildman–Crippen LogP) is 1.59. The zero-order chi connectivity index (χ0) is 26.6. The van der Waals surface area contributed by atoms with Crippen molar-refractivity contribution in [2.45, 2.75) is 57.7 Å². The number of aliphatic carboxylic acids is 1. The van der Waals surface area contributed by atoms with Gasteiger partial charge in [0, 0.05) is 43.6 Å². The van der Waals surface area contributed by atoms with Crippen LogP contribution in [0.1, 0.15) is 37.9 Å². The fraction of sp³-hybridized carbons (Fsp3) is 0.560. The van der Waals surface area contributed by atoms with E-state index in [1.54, 1.807) is 12.5 Å². The van der Waals surface area contributed by atoms with Crippen molar-refractivity contribution in [3.63, 3.8) is 0 Å². The molecule has 36 heavy (non-hydrogen) atoms. The quantitative estimate of drug-likeness (QED) is 0.245. The second-order valence-electron chi connectivity index (χ2n) is 9.10. The summed E-state index contributed by atoms with van der Waals surface area (Å²) in [7, 11) is -3.38. The molecule has 200 valence electrons. The molecule has 0 spiro atoms. The highest BCUT2D eigenvalue weighted by Crippen LogP contribution is 2.13. The Balaban J connectivity index is 2.08. The van der Waals surface area contributed by atoms with Gasteiger partial charge in [-0.1, -0.05) is 50.6 Å². The number of hydrogen-bond donors (Lipinski definition) is 4. The molecule has 4 N–H and O–H groups in total. The first-order chi connectivity index (χ1) is 17.1. The molecule has 0 radical (unpaired) electrons. The summed E-state index contributed by atoms with van der Waals surface area (Å²) in [6, 6.07) is 7.97. The average Bonchev–Trinajstić information content (AvgIpc) is 3.35. The third kappa shape index (κ3) is 10.9. The predicted molar refractivity (Wildman–Crippen MR) is 137 cm³/mol. The number of carboxylic acids is 1. The van der Waals surface area contributed by atoms with Crippen LogP contribution < -0.4 is 10.6 Å². The number of amides is 1. The molecule has 0 saturated heterocycles. The lowest BCUT2D eigenvalue weighted by Crippen LogP contribution is -2.49. The van der Waals surface area contributed by atoms with Crippen LogP contribution in [0.25, 0.3) is 0 Å². The van der Waals surface area contributed by atoms with Crippen molar-refractivity contribution < 1.29 is 27.9 Å². The SMILES string of the molecule is CC[C@H](C)[C@@H](COC(Cc1ccccc1)C(=O)N[C@@H](CCS(C)(=O)=O)C(=O)O)NCCc1cnc[nH]1. The van der Waals surface area contributed by atoms with Gasteiger partial charge in [0.15, 0.2) is 0 Å². The number of benzene rings is 1. The number of carboxylic acid groups (broad SMARTS) is 1. The molecule has 1 aromatic carbocycles. The summed E-state index contributed by atoms with van der Waals surface area (Å²) in [6.07, 6.45) is 5.22. The highest BCUT2D eigenvalue weighted by Gasteiger charge is 2.28. The van der Waals surface area contributed by atoms with Gasteiger partial charge < -0.3 is 25.5 Å². The Morgan fingerprint density at radius 3 is 2.53 bits per heavy atom. The van der Waals surface area contributed by atoms with Gasteiger partial charge in [-0.15, -0.1) is 0 Å². The number of nitrogens with one attached hydrogen (secondary N) is 3. The van der Waals surface area contributed by atoms with Crippen molar-refractivity contribution in [2.24, 2.45) is 5.92 Å². The van der Waals surface area contributed by atoms with Crippen LogP contribution in [0.15, 0.2) is 42.9 Å². The first kappa shape index (κ1) is 29.5. The molecule has 1 amide bonds. The van der Waals surface area contributed by atoms with Crippen LogP contribution in [0, 0.1) is 5.92 Å². The van der Waals surface area contributed by atoms with Gasteiger partial charge in [-0.3, -0.25) is 4.79 Å². The molecule has 1 heterocycles. The van der Waals surface area contributed by atoms with Crippen LogP contribution in [-0.2, 0) is 37.0 Å². The zero-order valence-electron chi connectivity index (χ0n) is 21.1. The van der Waals surface area contributed by atoms with Gasteiger partial charge in [0.2, 0.25) is 5.91 Å². The maximum absolute atomic E-state index is 13.1. The lowest BCUT2D eigenvalue weighted by molar-refractivity contribution is -0.144. The Bertz CT molecular complexity index is 1030. The van der Waals surface area contributed by atoms with Crippen LogP contribution in [0.4, 0.5) is 0 Å². The van der Waals surface area contributed by atoms with Crippen LogP contribution in [0.3, 0.4) is 0 Å². The minimum absolute atomic E-state index is 0.0236. The molecule has 2 rings (SSSR count). The molecule has 1 aromatic heterocycles. The second kappa shape index (κ2) is 14.7. The second-order valence-corrected chi connectivity index (χ2v) is 11.4. The molecule has 0 aliphatic heterocycles. The van der Waals surface area contributed by atoms with E-state index < -0.39 is 33.9 Å². The summed E-state index contributed by atoms with van der Waals surface area (Å²) in [5, 5.41) is 15.5. The first-order valence-corrected chi connectivity index (χ1v) is 14.2. The molecule has 11 heteroatoms. The number of aromatic amines is 1. The maximum Gasteiger partial charge on any atom is 0.326 e. The third-order valence-electron chi connectivity index (χ3n) is 6.11. The minimum Gasteiger partial charge on any atom is -0.480 e. The molecule has 0 saturated carbocycles. The molecule has 10 nitrogen and oxygen atoms in total. The van der Waals surface area contributed by atoms with Gasteiger partial charge in [0.1, 0.15) is 22.0 Å². The molecular weight excluding hydrogens is 484 g/mol. The minimum atomic E-state index is -3.38. The fourth-order valence-electron chi connectivity index (χ4n) is 3.65. The Labute approximate surface area is 213 Å². The van der Waals surface area contributed by atoms with Gasteiger partial charge >= 0.3 is 5.97 Å². The number of rotatable bonds is 17. The Morgan fingerprint density at radius 1 is 1.22 bits per heavy atom. The molecule has 2 aromatic rings. The van der Waals surface area contributed by atoms with E-state index in [0.717, 1.165) is 30.4 Å². The van der Waals surface area contributed by atoms with Crippen LogP contribution in [0.2, 0.25) is 0 Å². The van der Waals surface area contributed by atoms with Crippen molar-refractivity contribution >= 4 is 21.7 Å². The van der Waals surface area contributed by atoms with E-state index >= 15 is 0 Å². The number of ether oxygens (including phenoxy) is 1. The standard InChI is InChI=1S/C25H38N4O6S/c1-4-18(2)22(27-12-10-20-15-26-17-28-20)16-35-23(14-19-8-6-5-7-9-19)24(30)29-21(25(31)32)11-13-36(3,33)34/h5-9,15,17-18,21-23,27H,4,10-14,16H2,1-3H3,(H,26,28)(H,29,30)(H,31,32)/t18-,21-,22+,23?/m0/s1. The topological polar surface area (TPSA) is 150 Å². The number of nitrogens with zero attached hydrogens (tertiary/aromatic N) is 1. The summed E-state index contributed by atoms with van der Waals surface area (Å²) < 4.78 is 29.1. The number of carbonyl (C=O) groups is 2. The van der Waals surface area contributed by atoms with Gasteiger partial charge in [-0.25, -0.2) is 18.2 Å². The Morgan fingerprint density at radius 2 is 1.94 bits per heavy atom. The van der Waals surface area contributed by atoms with Crippen molar-refractivity contribution in [3.05, 3.63) is 54.1 Å². The van der Waals surface area contributed by atoms with E-state index in [0.29, 0.717) is 6.54 Å². The number of sulfone groups is 1. The summed E-state index contributed by atoms with van der Waals surface area (Å²) in [5.74, 6) is -1.94. The zero-order valence-corrected chi connectivity index (χ0v) is 22.0. The van der Waals surface area contributed by atoms with E-state index in [2.05, 4.69) is 34.4 Å². The van der Waals surface area contributed by atoms with E-state index in [-0.39, 0.29) is 37.2 Å². The summed E-state index contributed by atoms with van der Waals surface area (Å²) in [5.41, 5.74) is 1.88. The van der Waals surface area contributed by atoms with E-state index in [4.69, 9.17) is 4.74 Å². The number of carbonyl (C=O) groups excluding carboxylic acids is 1. The van der Waals surface area contributed by atoms with Gasteiger partial charge in [-0.05, 0) is 17.9 Å². The number of hydrogen-bond acceptors (Lipinski definition) is 7. The number of imidazole rings is 1. The van der Waals surface area contributed by atoms with Crippen molar-refractivity contribution in [2.75, 3.05) is 25.2 Å². The smallest absolute Gasteiger partial charge is 0.326 e. The van der Waals surface area contributed by atoms with Crippen molar-refractivity contribution in [1.82, 2.24) is 20.6 Å². The van der Waals surface area contributed by atoms with Crippen molar-refractivity contribution in [1.29, 1.82) is 0 Å². The average molecular weight is 523 g/mol. The molecule has 0 aliphatic carbocycles. The lowest BCUT2D eigenvalue weighted by atomic mass is 9.99. The molecule has 0 bridgehead atoms. The van der Waals surface area contributed by atoms with Crippen LogP contribution in [0.5, 0.6) is 0 Å². The highest BCUT2D eigenvalue weighted by atomic mass is 32.2. The number of H-pyrrole nitrogens is 1. The maximum atomic E-state index is 13.1. The van der Waals surface area contributed by atoms with Crippen LogP contribution in [-0.4, -0.2) is 78.7 Å². The Hall–Kier alpha value is -2.76. The largest absolute Gasteiger partial charge is 0.480 e. The monoisotopic (exact) mass is 522 g/mol. The van der Waals surface area contributed by atoms with Gasteiger partial charge in [0.05, 0.1) is 18.7 Å². The van der Waals surface area contributed by atoms with E-state index in [1.165, 1.54) is 0 Å². The highest BCUT2D eigenvalue weighted by molar-refractivity contribution is 7.90. The van der Waals surface area contributed by atoms with Gasteiger partial charge in [-0.2, -0.15) is 0 Å². The summed E-state index contributed by atoms with van der Waals surface area (Å²) >= 11 is 0. The number of aromatic nitrogens is 2. The third-order valence-corrected chi connectivity index (χ3v) is 7.09. The fourth-order valence-corrected chi connectivity index (χ4v) is 4.32. The molecule has 1 unspecified atom stereocenters. The molecule has 4 atom stereocenters. The van der Waals surface area contributed by atoms with Crippen LogP contribution >= 0.6 is 0 Å². The first-order valence-electron chi connectivity index (χ1n) is 12.2. The van der Waals surface area contributed by atoms with E-state index in [1.807, 2.05) is 30.3 Å². The summed E-state index contributed by atoms with van der Waals surface area (Å²) in [4.78, 5) is 31.9. The van der Waals surface area contributed by atoms with Gasteiger partial charge in [0.25, 0.3) is 0 Å². The van der Waals surface area contributed by atoms with Crippen molar-refractivity contribution in [3.8, 4) is 0 Å². The normalized spacial score (nSPS) is 15.1. The molecule has 0 aliphatic rings. The lowest BCUT2D eigenvalue weighted by Gasteiger charge is -2.27. The summed E-state index contributed by atoms with van der Waals surface area (Å²) in [6.45, 7) is 5.14. The van der Waals surface area contributed by atoms with E-state index in [9.17, 15) is 23.1 Å². The molecular formula is C25H38N4O6S. The molecule has 0 fully saturated rings. The Kier molecular flexibility index (Phi) is 12.0.